The Balaban J connectivity index is 1.39. The van der Waals surface area contributed by atoms with Gasteiger partial charge < -0.3 is 0 Å². The standard InChI is InChI=1S/C24H16ClFN2O4S2/c25-22-3-4-23(33-22)34(31,32)13-17(29)9-14-1-2-21(19(26)10-14)28-8-6-15-12-20-16(5-7-27-20)11-18(15)24(28)30/h1-4,6-8,10-12H,5,9,13H2. The number of halogens is 2. The van der Waals surface area contributed by atoms with Crippen molar-refractivity contribution >= 4 is 61.2 Å². The lowest BCUT2D eigenvalue weighted by Gasteiger charge is -2.11. The molecule has 4 aromatic rings. The predicted octanol–water partition coefficient (Wildman–Crippen LogP) is 4.69. The molecule has 1 aliphatic heterocycles. The Morgan fingerprint density at radius 3 is 2.71 bits per heavy atom. The summed E-state index contributed by atoms with van der Waals surface area (Å²) in [6.07, 6.45) is 3.67. The van der Waals surface area contributed by atoms with Gasteiger partial charge in [0.05, 0.1) is 15.7 Å². The number of hydrogen-bond acceptors (Lipinski definition) is 6. The lowest BCUT2D eigenvalue weighted by Crippen LogP contribution is -2.19. The maximum atomic E-state index is 15.0. The van der Waals surface area contributed by atoms with Gasteiger partial charge in [0, 0.05) is 30.6 Å². The highest BCUT2D eigenvalue weighted by atomic mass is 35.5. The average molecular weight is 515 g/mol. The molecule has 172 valence electrons. The van der Waals surface area contributed by atoms with Gasteiger partial charge in [0.1, 0.15) is 15.8 Å². The molecule has 0 spiro atoms. The third-order valence-corrected chi connectivity index (χ3v) is 9.01. The Morgan fingerprint density at radius 1 is 1.15 bits per heavy atom. The molecule has 10 heteroatoms. The van der Waals surface area contributed by atoms with Crippen molar-refractivity contribution in [3.8, 4) is 5.69 Å². The molecular formula is C24H16ClFN2O4S2. The highest BCUT2D eigenvalue weighted by Gasteiger charge is 2.22. The van der Waals surface area contributed by atoms with Crippen LogP contribution in [0.15, 0.2) is 68.7 Å². The minimum Gasteiger partial charge on any atom is -0.298 e. The molecule has 2 aromatic heterocycles. The number of pyridine rings is 1. The Hall–Kier alpha value is -3.14. The Bertz CT molecular complexity index is 1670. The van der Waals surface area contributed by atoms with Crippen LogP contribution in [0.2, 0.25) is 4.34 Å². The van der Waals surface area contributed by atoms with Crippen molar-refractivity contribution < 1.29 is 17.6 Å². The maximum absolute atomic E-state index is 15.0. The monoisotopic (exact) mass is 514 g/mol. The number of sulfone groups is 1. The first-order valence-electron chi connectivity index (χ1n) is 10.2. The molecule has 6 nitrogen and oxygen atoms in total. The second-order valence-corrected chi connectivity index (χ2v) is 11.8. The molecule has 0 radical (unpaired) electrons. The van der Waals surface area contributed by atoms with Gasteiger partial charge in [0.2, 0.25) is 0 Å². The number of thiophene rings is 1. The molecule has 0 fully saturated rings. The number of aromatic nitrogens is 1. The molecular weight excluding hydrogens is 499 g/mol. The second-order valence-electron chi connectivity index (χ2n) is 7.89. The van der Waals surface area contributed by atoms with Crippen molar-refractivity contribution in [2.75, 3.05) is 5.75 Å². The summed E-state index contributed by atoms with van der Waals surface area (Å²) in [6, 6.07) is 12.2. The van der Waals surface area contributed by atoms with Crippen LogP contribution in [-0.2, 0) is 27.5 Å². The third kappa shape index (κ3) is 4.22. The zero-order chi connectivity index (χ0) is 24.0. The van der Waals surface area contributed by atoms with Crippen LogP contribution < -0.4 is 5.56 Å². The number of hydrogen-bond donors (Lipinski definition) is 0. The van der Waals surface area contributed by atoms with E-state index in [1.807, 2.05) is 6.07 Å². The molecule has 0 unspecified atom stereocenters. The van der Waals surface area contributed by atoms with Crippen LogP contribution in [-0.4, -0.2) is 30.7 Å². The first-order chi connectivity index (χ1) is 16.2. The summed E-state index contributed by atoms with van der Waals surface area (Å²) >= 11 is 6.66. The summed E-state index contributed by atoms with van der Waals surface area (Å²) in [4.78, 5) is 29.7. The van der Waals surface area contributed by atoms with Gasteiger partial charge in [-0.25, -0.2) is 12.8 Å². The lowest BCUT2D eigenvalue weighted by molar-refractivity contribution is -0.116. The zero-order valence-electron chi connectivity index (χ0n) is 17.5. The van der Waals surface area contributed by atoms with E-state index in [1.165, 1.54) is 35.0 Å². The molecule has 1 aliphatic rings. The minimum absolute atomic E-state index is 0.0141. The Kier molecular flexibility index (Phi) is 5.71. The van der Waals surface area contributed by atoms with Crippen LogP contribution in [0.1, 0.15) is 11.1 Å². The summed E-state index contributed by atoms with van der Waals surface area (Å²) in [5.74, 6) is -1.97. The summed E-state index contributed by atoms with van der Waals surface area (Å²) < 4.78 is 41.3. The molecule has 3 heterocycles. The molecule has 2 aromatic carbocycles. The number of ketones is 1. The Labute approximate surface area is 202 Å². The van der Waals surface area contributed by atoms with E-state index in [1.54, 1.807) is 18.3 Å². The smallest absolute Gasteiger partial charge is 0.263 e. The fourth-order valence-electron chi connectivity index (χ4n) is 3.92. The number of rotatable bonds is 6. The van der Waals surface area contributed by atoms with Gasteiger partial charge in [0.25, 0.3) is 5.56 Å². The SMILES string of the molecule is O=C(Cc1ccc(-n2ccc3cc4c(cc3c2=O)CC=N4)c(F)c1)CS(=O)(=O)c1ccc(Cl)s1. The minimum atomic E-state index is -3.81. The molecule has 0 amide bonds. The van der Waals surface area contributed by atoms with Crippen molar-refractivity contribution in [2.45, 2.75) is 17.1 Å². The summed E-state index contributed by atoms with van der Waals surface area (Å²) in [5, 5.41) is 1.18. The van der Waals surface area contributed by atoms with Gasteiger partial charge in [-0.05, 0) is 59.0 Å². The summed E-state index contributed by atoms with van der Waals surface area (Å²) in [5.41, 5.74) is 1.76. The van der Waals surface area contributed by atoms with Gasteiger partial charge in [0.15, 0.2) is 15.6 Å². The number of carbonyl (C=O) groups excluding carboxylic acids is 1. The van der Waals surface area contributed by atoms with Crippen molar-refractivity contribution in [2.24, 2.45) is 4.99 Å². The van der Waals surface area contributed by atoms with E-state index < -0.39 is 27.2 Å². The first kappa shape index (κ1) is 22.6. The first-order valence-corrected chi connectivity index (χ1v) is 13.1. The van der Waals surface area contributed by atoms with Crippen LogP contribution >= 0.6 is 22.9 Å². The number of aliphatic imine (C=N–C) groups is 1. The van der Waals surface area contributed by atoms with E-state index in [0.29, 0.717) is 21.7 Å². The highest BCUT2D eigenvalue weighted by molar-refractivity contribution is 7.94. The topological polar surface area (TPSA) is 85.6 Å². The highest BCUT2D eigenvalue weighted by Crippen LogP contribution is 2.29. The van der Waals surface area contributed by atoms with Gasteiger partial charge in [-0.3, -0.25) is 19.1 Å². The number of nitrogens with zero attached hydrogens (tertiary/aromatic N) is 2. The van der Waals surface area contributed by atoms with Crippen molar-refractivity contribution in [3.63, 3.8) is 0 Å². The fourth-order valence-corrected chi connectivity index (χ4v) is 6.73. The van der Waals surface area contributed by atoms with E-state index in [-0.39, 0.29) is 21.9 Å². The van der Waals surface area contributed by atoms with Gasteiger partial charge in [-0.15, -0.1) is 11.3 Å². The summed E-state index contributed by atoms with van der Waals surface area (Å²) in [6.45, 7) is 0. The number of Topliss-reactive ketones (excluding diaryl/α,β-unsaturated/α-hetero) is 1. The second kappa shape index (κ2) is 8.57. The van der Waals surface area contributed by atoms with Crippen LogP contribution in [0.5, 0.6) is 0 Å². The molecule has 0 atom stereocenters. The van der Waals surface area contributed by atoms with E-state index in [2.05, 4.69) is 4.99 Å². The summed E-state index contributed by atoms with van der Waals surface area (Å²) in [7, 11) is -3.81. The molecule has 0 aliphatic carbocycles. The lowest BCUT2D eigenvalue weighted by atomic mass is 10.1. The Morgan fingerprint density at radius 2 is 1.97 bits per heavy atom. The van der Waals surface area contributed by atoms with Crippen LogP contribution in [0.3, 0.4) is 0 Å². The zero-order valence-corrected chi connectivity index (χ0v) is 19.9. The largest absolute Gasteiger partial charge is 0.298 e. The van der Waals surface area contributed by atoms with Crippen molar-refractivity contribution in [1.82, 2.24) is 4.57 Å². The average Bonchev–Trinajstić information content (AvgIpc) is 3.42. The molecule has 34 heavy (non-hydrogen) atoms. The van der Waals surface area contributed by atoms with Crippen LogP contribution in [0, 0.1) is 5.82 Å². The van der Waals surface area contributed by atoms with Gasteiger partial charge >= 0.3 is 0 Å². The van der Waals surface area contributed by atoms with E-state index in [4.69, 9.17) is 11.6 Å². The quantitative estimate of drug-likeness (QED) is 0.373. The van der Waals surface area contributed by atoms with Crippen LogP contribution in [0.25, 0.3) is 16.5 Å². The van der Waals surface area contributed by atoms with Crippen LogP contribution in [0.4, 0.5) is 10.1 Å². The van der Waals surface area contributed by atoms with Gasteiger partial charge in [-0.2, -0.15) is 0 Å². The van der Waals surface area contributed by atoms with E-state index in [9.17, 15) is 22.4 Å². The molecule has 0 bridgehead atoms. The molecule has 0 N–H and O–H groups in total. The number of benzene rings is 2. The molecule has 0 saturated heterocycles. The molecule has 5 rings (SSSR count). The fraction of sp³-hybridized carbons (Fsp3) is 0.125. The van der Waals surface area contributed by atoms with Gasteiger partial charge in [-0.1, -0.05) is 17.7 Å². The van der Waals surface area contributed by atoms with E-state index in [0.717, 1.165) is 34.0 Å². The third-order valence-electron chi connectivity index (χ3n) is 5.52. The molecule has 0 saturated carbocycles. The van der Waals surface area contributed by atoms with Crippen molar-refractivity contribution in [1.29, 1.82) is 0 Å². The predicted molar refractivity (Wildman–Crippen MR) is 131 cm³/mol. The van der Waals surface area contributed by atoms with Crippen molar-refractivity contribution in [3.05, 3.63) is 86.4 Å². The maximum Gasteiger partial charge on any atom is 0.263 e. The van der Waals surface area contributed by atoms with E-state index >= 15 is 0 Å². The normalized spacial score (nSPS) is 12.9. The number of carbonyl (C=O) groups is 1. The number of fused-ring (bicyclic) bond motifs is 2.